The average Bonchev–Trinajstić information content (AvgIpc) is 3.29. The standard InChI is InChI=1S/C19H28N4OS/c1-2-21-8-10-22(11-9-21)7-3-6-20-19(24)17-12-15-13-23(16-4-5-16)14-18(15)25-17/h12-14,16H,2-11H2,1H3,(H,20,24). The van der Waals surface area contributed by atoms with Crippen molar-refractivity contribution in [2.75, 3.05) is 45.8 Å². The summed E-state index contributed by atoms with van der Waals surface area (Å²) in [7, 11) is 0. The number of hydrogen-bond acceptors (Lipinski definition) is 4. The molecule has 0 aromatic carbocycles. The van der Waals surface area contributed by atoms with Crippen molar-refractivity contribution in [1.29, 1.82) is 0 Å². The van der Waals surface area contributed by atoms with E-state index >= 15 is 0 Å². The summed E-state index contributed by atoms with van der Waals surface area (Å²) in [6.45, 7) is 9.88. The molecule has 1 saturated heterocycles. The summed E-state index contributed by atoms with van der Waals surface area (Å²) in [6.07, 6.45) is 8.00. The predicted molar refractivity (Wildman–Crippen MR) is 104 cm³/mol. The molecule has 0 bridgehead atoms. The van der Waals surface area contributed by atoms with Crippen LogP contribution in [-0.2, 0) is 0 Å². The number of likely N-dealkylation sites (N-methyl/N-ethyl adjacent to an activating group) is 1. The fraction of sp³-hybridized carbons (Fsp3) is 0.632. The molecule has 0 radical (unpaired) electrons. The number of hydrogen-bond donors (Lipinski definition) is 1. The number of amides is 1. The zero-order valence-corrected chi connectivity index (χ0v) is 15.9. The molecule has 6 heteroatoms. The fourth-order valence-electron chi connectivity index (χ4n) is 3.57. The van der Waals surface area contributed by atoms with Crippen LogP contribution in [0, 0.1) is 0 Å². The first-order valence-electron chi connectivity index (χ1n) is 9.57. The van der Waals surface area contributed by atoms with Crippen LogP contribution in [0.4, 0.5) is 0 Å². The summed E-state index contributed by atoms with van der Waals surface area (Å²) in [4.78, 5) is 18.2. The van der Waals surface area contributed by atoms with Crippen LogP contribution < -0.4 is 5.32 Å². The molecule has 25 heavy (non-hydrogen) atoms. The molecular weight excluding hydrogens is 332 g/mol. The van der Waals surface area contributed by atoms with Gasteiger partial charge in [0.1, 0.15) is 0 Å². The zero-order valence-electron chi connectivity index (χ0n) is 15.0. The third-order valence-electron chi connectivity index (χ3n) is 5.39. The number of thiophene rings is 1. The fourth-order valence-corrected chi connectivity index (χ4v) is 4.56. The van der Waals surface area contributed by atoms with Gasteiger partial charge in [-0.15, -0.1) is 11.3 Å². The van der Waals surface area contributed by atoms with Crippen molar-refractivity contribution < 1.29 is 4.79 Å². The Morgan fingerprint density at radius 2 is 1.96 bits per heavy atom. The van der Waals surface area contributed by atoms with Crippen LogP contribution in [0.25, 0.3) is 10.1 Å². The van der Waals surface area contributed by atoms with Gasteiger partial charge >= 0.3 is 0 Å². The lowest BCUT2D eigenvalue weighted by molar-refractivity contribution is 0.0952. The Kier molecular flexibility index (Phi) is 5.10. The van der Waals surface area contributed by atoms with Crippen LogP contribution in [0.5, 0.6) is 0 Å². The van der Waals surface area contributed by atoms with Crippen molar-refractivity contribution in [2.24, 2.45) is 0 Å². The number of fused-ring (bicyclic) bond motifs is 1. The van der Waals surface area contributed by atoms with Gasteiger partial charge in [-0.3, -0.25) is 4.79 Å². The molecule has 1 aliphatic heterocycles. The smallest absolute Gasteiger partial charge is 0.261 e. The highest BCUT2D eigenvalue weighted by molar-refractivity contribution is 7.20. The van der Waals surface area contributed by atoms with Gasteiger partial charge in [-0.1, -0.05) is 6.92 Å². The molecule has 2 aliphatic rings. The van der Waals surface area contributed by atoms with E-state index in [-0.39, 0.29) is 5.91 Å². The summed E-state index contributed by atoms with van der Waals surface area (Å²) in [5.74, 6) is 0.0787. The Balaban J connectivity index is 1.20. The van der Waals surface area contributed by atoms with Gasteiger partial charge in [-0.25, -0.2) is 0 Å². The summed E-state index contributed by atoms with van der Waals surface area (Å²) in [5, 5.41) is 4.29. The van der Waals surface area contributed by atoms with Gasteiger partial charge in [0.15, 0.2) is 0 Å². The van der Waals surface area contributed by atoms with E-state index in [1.165, 1.54) is 36.0 Å². The van der Waals surface area contributed by atoms with Crippen LogP contribution in [0.1, 0.15) is 41.9 Å². The molecule has 2 aromatic heterocycles. The Bertz CT molecular complexity index is 693. The van der Waals surface area contributed by atoms with Crippen LogP contribution in [0.2, 0.25) is 0 Å². The van der Waals surface area contributed by atoms with E-state index in [1.807, 2.05) is 6.07 Å². The molecule has 1 saturated carbocycles. The van der Waals surface area contributed by atoms with Crippen molar-refractivity contribution in [3.05, 3.63) is 23.3 Å². The van der Waals surface area contributed by atoms with Crippen molar-refractivity contribution in [3.8, 4) is 0 Å². The van der Waals surface area contributed by atoms with Crippen LogP contribution >= 0.6 is 11.3 Å². The van der Waals surface area contributed by atoms with E-state index in [0.29, 0.717) is 6.04 Å². The van der Waals surface area contributed by atoms with E-state index in [2.05, 4.69) is 39.0 Å². The second-order valence-electron chi connectivity index (χ2n) is 7.25. The molecular formula is C19H28N4OS. The van der Waals surface area contributed by atoms with Gasteiger partial charge in [0, 0.05) is 56.5 Å². The molecule has 4 rings (SSSR count). The molecule has 0 spiro atoms. The van der Waals surface area contributed by atoms with Crippen molar-refractivity contribution in [2.45, 2.75) is 32.2 Å². The number of nitrogens with one attached hydrogen (secondary N) is 1. The molecule has 2 fully saturated rings. The first-order chi connectivity index (χ1) is 12.2. The topological polar surface area (TPSA) is 40.5 Å². The van der Waals surface area contributed by atoms with E-state index in [9.17, 15) is 4.79 Å². The monoisotopic (exact) mass is 360 g/mol. The van der Waals surface area contributed by atoms with Gasteiger partial charge in [0.05, 0.1) is 9.58 Å². The number of piperazine rings is 1. The lowest BCUT2D eigenvalue weighted by Gasteiger charge is -2.33. The number of carbonyl (C=O) groups is 1. The quantitative estimate of drug-likeness (QED) is 0.772. The Labute approximate surface area is 153 Å². The van der Waals surface area contributed by atoms with Crippen molar-refractivity contribution >= 4 is 27.3 Å². The molecule has 1 aliphatic carbocycles. The first kappa shape index (κ1) is 17.1. The summed E-state index contributed by atoms with van der Waals surface area (Å²) in [6, 6.07) is 2.74. The largest absolute Gasteiger partial charge is 0.351 e. The van der Waals surface area contributed by atoms with E-state index in [4.69, 9.17) is 0 Å². The highest BCUT2D eigenvalue weighted by atomic mass is 32.1. The molecule has 2 aromatic rings. The normalized spacial score (nSPS) is 19.6. The predicted octanol–water partition coefficient (Wildman–Crippen LogP) is 2.80. The van der Waals surface area contributed by atoms with E-state index in [1.54, 1.807) is 11.3 Å². The minimum Gasteiger partial charge on any atom is -0.351 e. The van der Waals surface area contributed by atoms with Gasteiger partial charge in [-0.05, 0) is 38.4 Å². The SMILES string of the molecule is CCN1CCN(CCCNC(=O)c2cc3cn(C4CC4)cc3s2)CC1. The Hall–Kier alpha value is -1.37. The molecule has 0 atom stereocenters. The molecule has 0 unspecified atom stereocenters. The van der Waals surface area contributed by atoms with E-state index in [0.717, 1.165) is 44.0 Å². The Morgan fingerprint density at radius 3 is 2.64 bits per heavy atom. The maximum atomic E-state index is 12.3. The summed E-state index contributed by atoms with van der Waals surface area (Å²) >= 11 is 1.61. The van der Waals surface area contributed by atoms with Crippen molar-refractivity contribution in [1.82, 2.24) is 19.7 Å². The third kappa shape index (κ3) is 4.07. The zero-order chi connectivity index (χ0) is 17.2. The second-order valence-corrected chi connectivity index (χ2v) is 8.34. The third-order valence-corrected chi connectivity index (χ3v) is 6.47. The maximum Gasteiger partial charge on any atom is 0.261 e. The maximum absolute atomic E-state index is 12.3. The van der Waals surface area contributed by atoms with Crippen LogP contribution in [0.15, 0.2) is 18.5 Å². The first-order valence-corrected chi connectivity index (χ1v) is 10.4. The van der Waals surface area contributed by atoms with E-state index < -0.39 is 0 Å². The molecule has 136 valence electrons. The summed E-state index contributed by atoms with van der Waals surface area (Å²) < 4.78 is 3.53. The van der Waals surface area contributed by atoms with Gasteiger partial charge in [-0.2, -0.15) is 0 Å². The number of carbonyl (C=O) groups excluding carboxylic acids is 1. The lowest BCUT2D eigenvalue weighted by atomic mass is 10.3. The number of nitrogens with zero attached hydrogens (tertiary/aromatic N) is 3. The van der Waals surface area contributed by atoms with Crippen LogP contribution in [-0.4, -0.2) is 66.1 Å². The minimum absolute atomic E-state index is 0.0787. The lowest BCUT2D eigenvalue weighted by Crippen LogP contribution is -2.46. The van der Waals surface area contributed by atoms with Crippen molar-refractivity contribution in [3.63, 3.8) is 0 Å². The minimum atomic E-state index is 0.0787. The molecule has 3 heterocycles. The molecule has 1 N–H and O–H groups in total. The van der Waals surface area contributed by atoms with Gasteiger partial charge < -0.3 is 19.7 Å². The highest BCUT2D eigenvalue weighted by Gasteiger charge is 2.24. The van der Waals surface area contributed by atoms with Crippen LogP contribution in [0.3, 0.4) is 0 Å². The molecule has 5 nitrogen and oxygen atoms in total. The number of rotatable bonds is 7. The number of aromatic nitrogens is 1. The second kappa shape index (κ2) is 7.48. The highest BCUT2D eigenvalue weighted by Crippen LogP contribution is 2.38. The average molecular weight is 361 g/mol. The Morgan fingerprint density at radius 1 is 1.20 bits per heavy atom. The summed E-state index contributed by atoms with van der Waals surface area (Å²) in [5.41, 5.74) is 0. The molecule has 1 amide bonds. The van der Waals surface area contributed by atoms with Gasteiger partial charge in [0.25, 0.3) is 5.91 Å². The van der Waals surface area contributed by atoms with Gasteiger partial charge in [0.2, 0.25) is 0 Å².